The fourth-order valence-electron chi connectivity index (χ4n) is 1.93. The molecule has 0 aliphatic heterocycles. The second-order valence-corrected chi connectivity index (χ2v) is 4.82. The van der Waals surface area contributed by atoms with Gasteiger partial charge >= 0.3 is 0 Å². The minimum absolute atomic E-state index is 0.161. The number of pyridine rings is 1. The third kappa shape index (κ3) is 4.27. The van der Waals surface area contributed by atoms with Crippen molar-refractivity contribution in [3.63, 3.8) is 0 Å². The molecule has 0 spiro atoms. The molecule has 0 amide bonds. The summed E-state index contributed by atoms with van der Waals surface area (Å²) in [4.78, 5) is 4.07. The van der Waals surface area contributed by atoms with Crippen molar-refractivity contribution in [2.45, 2.75) is 46.2 Å². The van der Waals surface area contributed by atoms with E-state index in [9.17, 15) is 4.39 Å². The summed E-state index contributed by atoms with van der Waals surface area (Å²) in [6.45, 7) is 8.63. The van der Waals surface area contributed by atoms with Gasteiger partial charge in [-0.05, 0) is 38.3 Å². The molecule has 0 aliphatic carbocycles. The van der Waals surface area contributed by atoms with E-state index in [1.165, 1.54) is 12.3 Å². The van der Waals surface area contributed by atoms with Crippen molar-refractivity contribution >= 4 is 0 Å². The van der Waals surface area contributed by atoms with Crippen LogP contribution in [0.1, 0.15) is 45.9 Å². The predicted molar refractivity (Wildman–Crippen MR) is 64.7 cm³/mol. The largest absolute Gasteiger partial charge is 0.306 e. The van der Waals surface area contributed by atoms with Crippen molar-refractivity contribution in [2.24, 2.45) is 5.92 Å². The molecule has 2 unspecified atom stereocenters. The monoisotopic (exact) mass is 224 g/mol. The topological polar surface area (TPSA) is 24.9 Å². The van der Waals surface area contributed by atoms with Crippen LogP contribution >= 0.6 is 0 Å². The SMILES string of the molecule is CC(C)CC(C)NC(C)c1ccc(F)cn1. The van der Waals surface area contributed by atoms with Crippen molar-refractivity contribution < 1.29 is 4.39 Å². The first-order valence-corrected chi connectivity index (χ1v) is 5.86. The molecule has 1 aromatic rings. The molecule has 1 N–H and O–H groups in total. The van der Waals surface area contributed by atoms with Gasteiger partial charge in [-0.3, -0.25) is 4.98 Å². The Kier molecular flexibility index (Phi) is 4.87. The molecule has 1 heterocycles. The first kappa shape index (κ1) is 13.1. The van der Waals surface area contributed by atoms with E-state index >= 15 is 0 Å². The summed E-state index contributed by atoms with van der Waals surface area (Å²) in [5.41, 5.74) is 0.886. The van der Waals surface area contributed by atoms with Crippen LogP contribution in [0.2, 0.25) is 0 Å². The Bertz CT molecular complexity index is 308. The Morgan fingerprint density at radius 1 is 1.25 bits per heavy atom. The lowest BCUT2D eigenvalue weighted by Gasteiger charge is -2.21. The van der Waals surface area contributed by atoms with Crippen LogP contribution in [0.25, 0.3) is 0 Å². The Labute approximate surface area is 97.3 Å². The molecule has 3 heteroatoms. The van der Waals surface area contributed by atoms with Gasteiger partial charge < -0.3 is 5.32 Å². The van der Waals surface area contributed by atoms with Crippen molar-refractivity contribution in [1.29, 1.82) is 0 Å². The van der Waals surface area contributed by atoms with Gasteiger partial charge in [0.05, 0.1) is 11.9 Å². The summed E-state index contributed by atoms with van der Waals surface area (Å²) in [5, 5.41) is 3.46. The van der Waals surface area contributed by atoms with E-state index < -0.39 is 0 Å². The van der Waals surface area contributed by atoms with Crippen LogP contribution < -0.4 is 5.32 Å². The van der Waals surface area contributed by atoms with Gasteiger partial charge in [0.25, 0.3) is 0 Å². The molecular weight excluding hydrogens is 203 g/mol. The summed E-state index contributed by atoms with van der Waals surface area (Å²) >= 11 is 0. The number of hydrogen-bond donors (Lipinski definition) is 1. The van der Waals surface area contributed by atoms with Crippen LogP contribution in [-0.2, 0) is 0 Å². The molecule has 2 nitrogen and oxygen atoms in total. The Morgan fingerprint density at radius 3 is 2.44 bits per heavy atom. The average Bonchev–Trinajstić information content (AvgIpc) is 2.16. The van der Waals surface area contributed by atoms with Gasteiger partial charge in [-0.2, -0.15) is 0 Å². The van der Waals surface area contributed by atoms with E-state index in [1.807, 2.05) is 0 Å². The van der Waals surface area contributed by atoms with Crippen molar-refractivity contribution in [1.82, 2.24) is 10.3 Å². The molecule has 16 heavy (non-hydrogen) atoms. The normalized spacial score (nSPS) is 15.1. The number of nitrogens with one attached hydrogen (secondary N) is 1. The molecule has 0 aliphatic rings. The summed E-state index contributed by atoms with van der Waals surface area (Å²) in [7, 11) is 0. The second-order valence-electron chi connectivity index (χ2n) is 4.82. The van der Waals surface area contributed by atoms with Crippen molar-refractivity contribution in [3.8, 4) is 0 Å². The highest BCUT2D eigenvalue weighted by Crippen LogP contribution is 2.13. The van der Waals surface area contributed by atoms with Gasteiger partial charge in [0.15, 0.2) is 0 Å². The maximum absolute atomic E-state index is 12.7. The minimum Gasteiger partial charge on any atom is -0.306 e. The fraction of sp³-hybridized carbons (Fsp3) is 0.615. The second kappa shape index (κ2) is 5.94. The lowest BCUT2D eigenvalue weighted by molar-refractivity contribution is 0.402. The molecular formula is C13H21FN2. The van der Waals surface area contributed by atoms with E-state index in [0.717, 1.165) is 12.1 Å². The van der Waals surface area contributed by atoms with Gasteiger partial charge in [0.1, 0.15) is 5.82 Å². The number of hydrogen-bond acceptors (Lipinski definition) is 2. The summed E-state index contributed by atoms with van der Waals surface area (Å²) < 4.78 is 12.7. The summed E-state index contributed by atoms with van der Waals surface area (Å²) in [6.07, 6.45) is 2.40. The highest BCUT2D eigenvalue weighted by atomic mass is 19.1. The van der Waals surface area contributed by atoms with E-state index in [4.69, 9.17) is 0 Å². The molecule has 2 atom stereocenters. The third-order valence-corrected chi connectivity index (χ3v) is 2.55. The van der Waals surface area contributed by atoms with E-state index in [2.05, 4.69) is 38.0 Å². The van der Waals surface area contributed by atoms with Crippen molar-refractivity contribution in [2.75, 3.05) is 0 Å². The maximum atomic E-state index is 12.7. The Balaban J connectivity index is 2.51. The standard InChI is InChI=1S/C13H21FN2/c1-9(2)7-10(3)16-11(4)13-6-5-12(14)8-15-13/h5-6,8-11,16H,7H2,1-4H3. The average molecular weight is 224 g/mol. The number of rotatable bonds is 5. The highest BCUT2D eigenvalue weighted by Gasteiger charge is 2.11. The van der Waals surface area contributed by atoms with E-state index in [0.29, 0.717) is 12.0 Å². The van der Waals surface area contributed by atoms with Crippen LogP contribution in [0, 0.1) is 11.7 Å². The van der Waals surface area contributed by atoms with Crippen LogP contribution in [0.4, 0.5) is 4.39 Å². The molecule has 0 radical (unpaired) electrons. The number of nitrogens with zero attached hydrogens (tertiary/aromatic N) is 1. The summed E-state index contributed by atoms with van der Waals surface area (Å²) in [5.74, 6) is 0.391. The number of aromatic nitrogens is 1. The van der Waals surface area contributed by atoms with Crippen LogP contribution in [0.5, 0.6) is 0 Å². The molecule has 90 valence electrons. The highest BCUT2D eigenvalue weighted by molar-refractivity contribution is 5.09. The van der Waals surface area contributed by atoms with E-state index in [-0.39, 0.29) is 11.9 Å². The summed E-state index contributed by atoms with van der Waals surface area (Å²) in [6, 6.07) is 3.79. The van der Waals surface area contributed by atoms with Gasteiger partial charge in [0.2, 0.25) is 0 Å². The predicted octanol–water partition coefficient (Wildman–Crippen LogP) is 3.31. The molecule has 0 saturated carbocycles. The first-order valence-electron chi connectivity index (χ1n) is 5.86. The smallest absolute Gasteiger partial charge is 0.141 e. The molecule has 0 saturated heterocycles. The maximum Gasteiger partial charge on any atom is 0.141 e. The zero-order valence-corrected chi connectivity index (χ0v) is 10.5. The van der Waals surface area contributed by atoms with Crippen LogP contribution in [0.3, 0.4) is 0 Å². The van der Waals surface area contributed by atoms with Crippen LogP contribution in [-0.4, -0.2) is 11.0 Å². The first-order chi connectivity index (χ1) is 7.49. The van der Waals surface area contributed by atoms with Crippen LogP contribution in [0.15, 0.2) is 18.3 Å². The van der Waals surface area contributed by atoms with Gasteiger partial charge in [0, 0.05) is 12.1 Å². The van der Waals surface area contributed by atoms with Gasteiger partial charge in [-0.1, -0.05) is 13.8 Å². The van der Waals surface area contributed by atoms with Gasteiger partial charge in [-0.25, -0.2) is 4.39 Å². The lowest BCUT2D eigenvalue weighted by Crippen LogP contribution is -2.30. The zero-order chi connectivity index (χ0) is 12.1. The quantitative estimate of drug-likeness (QED) is 0.830. The van der Waals surface area contributed by atoms with Gasteiger partial charge in [-0.15, -0.1) is 0 Å². The molecule has 0 aromatic carbocycles. The van der Waals surface area contributed by atoms with E-state index in [1.54, 1.807) is 6.07 Å². The molecule has 0 bridgehead atoms. The Morgan fingerprint density at radius 2 is 1.94 bits per heavy atom. The van der Waals surface area contributed by atoms with Crippen molar-refractivity contribution in [3.05, 3.63) is 29.8 Å². The number of halogens is 1. The lowest BCUT2D eigenvalue weighted by atomic mass is 10.0. The Hall–Kier alpha value is -0.960. The molecule has 1 aromatic heterocycles. The molecule has 1 rings (SSSR count). The zero-order valence-electron chi connectivity index (χ0n) is 10.5. The third-order valence-electron chi connectivity index (χ3n) is 2.55. The fourth-order valence-corrected chi connectivity index (χ4v) is 1.93. The minimum atomic E-state index is -0.286. The molecule has 0 fully saturated rings.